The van der Waals surface area contributed by atoms with Crippen LogP contribution in [-0.2, 0) is 9.84 Å². The molecule has 0 aliphatic carbocycles. The van der Waals surface area contributed by atoms with Crippen molar-refractivity contribution in [2.75, 3.05) is 11.6 Å². The minimum absolute atomic E-state index is 0.139. The molecule has 0 aliphatic rings. The first-order valence-electron chi connectivity index (χ1n) is 9.35. The molecule has 0 unspecified atom stereocenters. The van der Waals surface area contributed by atoms with E-state index in [0.29, 0.717) is 32.3 Å². The van der Waals surface area contributed by atoms with Crippen molar-refractivity contribution in [1.29, 1.82) is 0 Å². The number of anilines is 1. The molecule has 3 aromatic carbocycles. The number of carbonyl (C=O) groups excluding carboxylic acids is 1. The van der Waals surface area contributed by atoms with Gasteiger partial charge >= 0.3 is 0 Å². The van der Waals surface area contributed by atoms with Crippen LogP contribution in [0.1, 0.15) is 10.4 Å². The quantitative estimate of drug-likeness (QED) is 0.379. The molecule has 0 radical (unpaired) electrons. The summed E-state index contributed by atoms with van der Waals surface area (Å²) in [6, 6.07) is 18.7. The number of aromatic nitrogens is 1. The van der Waals surface area contributed by atoms with E-state index in [0.717, 1.165) is 17.6 Å². The maximum absolute atomic E-state index is 13.5. The Morgan fingerprint density at radius 2 is 1.75 bits per heavy atom. The summed E-state index contributed by atoms with van der Waals surface area (Å²) in [5.41, 5.74) is 1.83. The average Bonchev–Trinajstić information content (AvgIpc) is 3.17. The van der Waals surface area contributed by atoms with Gasteiger partial charge in [-0.3, -0.25) is 10.1 Å². The van der Waals surface area contributed by atoms with E-state index in [2.05, 4.69) is 10.3 Å². The molecule has 162 valence electrons. The molecule has 4 aromatic rings. The largest absolute Gasteiger partial charge is 0.298 e. The molecule has 0 atom stereocenters. The summed E-state index contributed by atoms with van der Waals surface area (Å²) in [6.07, 6.45) is 1.13. The monoisotopic (exact) mass is 486 g/mol. The van der Waals surface area contributed by atoms with Crippen LogP contribution in [0.3, 0.4) is 0 Å². The van der Waals surface area contributed by atoms with Crippen molar-refractivity contribution in [3.8, 4) is 21.7 Å². The Morgan fingerprint density at radius 1 is 1.03 bits per heavy atom. The van der Waals surface area contributed by atoms with Crippen molar-refractivity contribution < 1.29 is 17.6 Å². The van der Waals surface area contributed by atoms with Crippen LogP contribution in [0.5, 0.6) is 0 Å². The van der Waals surface area contributed by atoms with Gasteiger partial charge in [-0.15, -0.1) is 0 Å². The maximum Gasteiger partial charge on any atom is 0.257 e. The zero-order valence-electron chi connectivity index (χ0n) is 16.7. The van der Waals surface area contributed by atoms with E-state index < -0.39 is 21.6 Å². The molecule has 1 aromatic heterocycles. The number of thiazole rings is 1. The second-order valence-corrected chi connectivity index (χ2v) is 10.4. The molecule has 1 N–H and O–H groups in total. The average molecular weight is 487 g/mol. The van der Waals surface area contributed by atoms with Crippen molar-refractivity contribution in [2.45, 2.75) is 4.90 Å². The molecule has 0 aliphatic heterocycles. The molecule has 0 saturated heterocycles. The van der Waals surface area contributed by atoms with Crippen molar-refractivity contribution in [3.63, 3.8) is 0 Å². The maximum atomic E-state index is 13.5. The van der Waals surface area contributed by atoms with E-state index in [-0.39, 0.29) is 10.0 Å². The van der Waals surface area contributed by atoms with Crippen molar-refractivity contribution in [2.24, 2.45) is 0 Å². The van der Waals surface area contributed by atoms with Crippen LogP contribution in [-0.4, -0.2) is 25.6 Å². The lowest BCUT2D eigenvalue weighted by Gasteiger charge is -2.08. The molecule has 0 fully saturated rings. The third-order valence-electron chi connectivity index (χ3n) is 4.58. The van der Waals surface area contributed by atoms with Crippen LogP contribution >= 0.6 is 22.9 Å². The Kier molecular flexibility index (Phi) is 6.10. The fourth-order valence-corrected chi connectivity index (χ4v) is 5.31. The lowest BCUT2D eigenvalue weighted by molar-refractivity contribution is 0.102. The van der Waals surface area contributed by atoms with Crippen molar-refractivity contribution >= 4 is 43.8 Å². The number of carbonyl (C=O) groups is 1. The van der Waals surface area contributed by atoms with Crippen LogP contribution in [0.15, 0.2) is 77.7 Å². The third kappa shape index (κ3) is 4.72. The number of nitrogens with one attached hydrogen (secondary N) is 1. The molecular weight excluding hydrogens is 471 g/mol. The molecule has 32 heavy (non-hydrogen) atoms. The fraction of sp³-hybridized carbons (Fsp3) is 0.0435. The van der Waals surface area contributed by atoms with Crippen LogP contribution in [0.25, 0.3) is 21.7 Å². The molecule has 4 rings (SSSR count). The van der Waals surface area contributed by atoms with Gasteiger partial charge in [-0.1, -0.05) is 47.2 Å². The number of hydrogen-bond acceptors (Lipinski definition) is 5. The number of halogens is 2. The number of rotatable bonds is 5. The third-order valence-corrected chi connectivity index (χ3v) is 6.98. The fourth-order valence-electron chi connectivity index (χ4n) is 3.14. The highest BCUT2D eigenvalue weighted by Gasteiger charge is 2.22. The van der Waals surface area contributed by atoms with E-state index in [1.165, 1.54) is 24.3 Å². The summed E-state index contributed by atoms with van der Waals surface area (Å²) in [6.45, 7) is 0. The standard InChI is InChI=1S/C23H16ClFN2O3S2/c1-32(29,30)19-8-3-2-7-18(19)21-20(14-9-11-17(25)12-10-14)26-23(31-21)27-22(28)15-5-4-6-16(24)13-15/h2-13H,1H3,(H,26,27,28). The van der Waals surface area contributed by atoms with Gasteiger partial charge in [0.1, 0.15) is 5.82 Å². The molecule has 0 saturated carbocycles. The molecule has 0 spiro atoms. The zero-order valence-corrected chi connectivity index (χ0v) is 19.1. The predicted molar refractivity (Wildman–Crippen MR) is 125 cm³/mol. The first kappa shape index (κ1) is 22.1. The molecule has 5 nitrogen and oxygen atoms in total. The van der Waals surface area contributed by atoms with Crippen LogP contribution in [0.4, 0.5) is 9.52 Å². The molecule has 9 heteroatoms. The minimum atomic E-state index is -3.53. The number of nitrogens with zero attached hydrogens (tertiary/aromatic N) is 1. The Morgan fingerprint density at radius 3 is 2.44 bits per heavy atom. The highest BCUT2D eigenvalue weighted by Crippen LogP contribution is 2.41. The summed E-state index contributed by atoms with van der Waals surface area (Å²) in [4.78, 5) is 17.9. The van der Waals surface area contributed by atoms with E-state index in [9.17, 15) is 17.6 Å². The van der Waals surface area contributed by atoms with Gasteiger partial charge in [0.25, 0.3) is 5.91 Å². The van der Waals surface area contributed by atoms with Gasteiger partial charge in [0.15, 0.2) is 15.0 Å². The van der Waals surface area contributed by atoms with Crippen LogP contribution < -0.4 is 5.32 Å². The van der Waals surface area contributed by atoms with Crippen LogP contribution in [0.2, 0.25) is 5.02 Å². The first-order chi connectivity index (χ1) is 15.2. The number of benzene rings is 3. The second-order valence-electron chi connectivity index (χ2n) is 6.94. The summed E-state index contributed by atoms with van der Waals surface area (Å²) < 4.78 is 38.2. The van der Waals surface area contributed by atoms with E-state index in [1.54, 1.807) is 48.5 Å². The van der Waals surface area contributed by atoms with Crippen molar-refractivity contribution in [3.05, 3.63) is 89.2 Å². The summed E-state index contributed by atoms with van der Waals surface area (Å²) in [5, 5.41) is 3.44. The molecule has 0 bridgehead atoms. The van der Waals surface area contributed by atoms with E-state index in [4.69, 9.17) is 11.6 Å². The molecule has 1 heterocycles. The Hall–Kier alpha value is -3.07. The summed E-state index contributed by atoms with van der Waals surface area (Å²) >= 11 is 7.11. The normalized spacial score (nSPS) is 11.3. The van der Waals surface area contributed by atoms with Gasteiger partial charge in [0, 0.05) is 28.0 Å². The first-order valence-corrected chi connectivity index (χ1v) is 12.4. The SMILES string of the molecule is CS(=O)(=O)c1ccccc1-c1sc(NC(=O)c2cccc(Cl)c2)nc1-c1ccc(F)cc1. The molecule has 1 amide bonds. The lowest BCUT2D eigenvalue weighted by atomic mass is 10.1. The molecular formula is C23H16ClFN2O3S2. The second kappa shape index (κ2) is 8.82. The van der Waals surface area contributed by atoms with Gasteiger partial charge in [-0.2, -0.15) is 0 Å². The Bertz CT molecular complexity index is 1420. The Balaban J connectivity index is 1.84. The number of hydrogen-bond donors (Lipinski definition) is 1. The lowest BCUT2D eigenvalue weighted by Crippen LogP contribution is -2.11. The number of amides is 1. The van der Waals surface area contributed by atoms with Gasteiger partial charge < -0.3 is 0 Å². The summed E-state index contributed by atoms with van der Waals surface area (Å²) in [7, 11) is -3.53. The smallest absolute Gasteiger partial charge is 0.257 e. The van der Waals surface area contributed by atoms with Crippen molar-refractivity contribution in [1.82, 2.24) is 4.98 Å². The van der Waals surface area contributed by atoms with Gasteiger partial charge in [0.05, 0.1) is 15.5 Å². The minimum Gasteiger partial charge on any atom is -0.298 e. The topological polar surface area (TPSA) is 76.1 Å². The van der Waals surface area contributed by atoms with Gasteiger partial charge in [0.2, 0.25) is 0 Å². The predicted octanol–water partition coefficient (Wildman–Crippen LogP) is 5.93. The van der Waals surface area contributed by atoms with Gasteiger partial charge in [-0.05, 0) is 48.5 Å². The highest BCUT2D eigenvalue weighted by molar-refractivity contribution is 7.90. The Labute approximate surface area is 193 Å². The van der Waals surface area contributed by atoms with E-state index >= 15 is 0 Å². The summed E-state index contributed by atoms with van der Waals surface area (Å²) in [5.74, 6) is -0.814. The van der Waals surface area contributed by atoms with Gasteiger partial charge in [-0.25, -0.2) is 17.8 Å². The highest BCUT2D eigenvalue weighted by atomic mass is 35.5. The number of sulfone groups is 1. The van der Waals surface area contributed by atoms with Crippen LogP contribution in [0, 0.1) is 5.82 Å². The van der Waals surface area contributed by atoms with E-state index in [1.807, 2.05) is 0 Å². The zero-order chi connectivity index (χ0) is 22.9.